The van der Waals surface area contributed by atoms with Crippen molar-refractivity contribution in [3.8, 4) is 11.6 Å². The van der Waals surface area contributed by atoms with Gasteiger partial charge in [-0.1, -0.05) is 29.3 Å². The molecule has 106 valence electrons. The third kappa shape index (κ3) is 2.18. The maximum absolute atomic E-state index is 6.17. The molecule has 2 heterocycles. The lowest BCUT2D eigenvalue weighted by Gasteiger charge is -2.09. The Kier molecular flexibility index (Phi) is 3.25. The van der Waals surface area contributed by atoms with Gasteiger partial charge in [-0.25, -0.2) is 9.97 Å². The highest BCUT2D eigenvalue weighted by Crippen LogP contribution is 2.43. The van der Waals surface area contributed by atoms with Gasteiger partial charge >= 0.3 is 0 Å². The Balaban J connectivity index is 1.88. The zero-order valence-corrected chi connectivity index (χ0v) is 13.2. The van der Waals surface area contributed by atoms with E-state index < -0.39 is 0 Å². The van der Waals surface area contributed by atoms with Crippen LogP contribution in [0.2, 0.25) is 10.0 Å². The normalized spacial score (nSPS) is 13.6. The molecule has 0 unspecified atom stereocenters. The van der Waals surface area contributed by atoms with Crippen molar-refractivity contribution in [2.75, 3.05) is 0 Å². The number of aromatic nitrogens is 2. The number of hydrogen-bond donors (Lipinski definition) is 0. The average molecular weight is 337 g/mol. The molecule has 0 amide bonds. The molecule has 0 spiro atoms. The maximum atomic E-state index is 6.17. The quantitative estimate of drug-likeness (QED) is 0.638. The Morgan fingerprint density at radius 3 is 2.71 bits per heavy atom. The maximum Gasteiger partial charge on any atom is 0.231 e. The Labute approximate surface area is 135 Å². The fourth-order valence-corrected chi connectivity index (χ4v) is 4.35. The number of para-hydroxylation sites is 1. The van der Waals surface area contributed by atoms with Crippen LogP contribution in [-0.2, 0) is 12.8 Å². The van der Waals surface area contributed by atoms with Crippen LogP contribution in [0.1, 0.15) is 16.9 Å². The van der Waals surface area contributed by atoms with E-state index in [-0.39, 0.29) is 0 Å². The predicted octanol–water partition coefficient (Wildman–Crippen LogP) is 5.28. The van der Waals surface area contributed by atoms with E-state index in [9.17, 15) is 0 Å². The lowest BCUT2D eigenvalue weighted by Crippen LogP contribution is -1.92. The van der Waals surface area contributed by atoms with Crippen LogP contribution in [0.15, 0.2) is 24.5 Å². The molecule has 3 nitrogen and oxygen atoms in total. The zero-order chi connectivity index (χ0) is 14.4. The average Bonchev–Trinajstić information content (AvgIpc) is 3.03. The molecule has 0 fully saturated rings. The second-order valence-electron chi connectivity index (χ2n) is 4.87. The summed E-state index contributed by atoms with van der Waals surface area (Å²) in [6.07, 6.45) is 4.87. The zero-order valence-electron chi connectivity index (χ0n) is 10.9. The molecule has 3 aromatic rings. The summed E-state index contributed by atoms with van der Waals surface area (Å²) >= 11 is 14.1. The van der Waals surface area contributed by atoms with E-state index in [1.165, 1.54) is 23.2 Å². The van der Waals surface area contributed by atoms with Crippen molar-refractivity contribution < 1.29 is 4.74 Å². The van der Waals surface area contributed by atoms with E-state index in [1.54, 1.807) is 29.5 Å². The van der Waals surface area contributed by atoms with Gasteiger partial charge in [0.15, 0.2) is 5.75 Å². The first-order valence-corrected chi connectivity index (χ1v) is 8.18. The monoisotopic (exact) mass is 336 g/mol. The van der Waals surface area contributed by atoms with E-state index in [0.717, 1.165) is 23.1 Å². The minimum absolute atomic E-state index is 0.443. The minimum Gasteiger partial charge on any atom is -0.435 e. The van der Waals surface area contributed by atoms with Crippen LogP contribution >= 0.6 is 34.5 Å². The predicted molar refractivity (Wildman–Crippen MR) is 86.0 cm³/mol. The van der Waals surface area contributed by atoms with E-state index in [1.807, 2.05) is 0 Å². The van der Waals surface area contributed by atoms with Gasteiger partial charge in [0.25, 0.3) is 0 Å². The highest BCUT2D eigenvalue weighted by atomic mass is 35.5. The number of thiophene rings is 1. The van der Waals surface area contributed by atoms with Crippen LogP contribution in [0.25, 0.3) is 10.2 Å². The van der Waals surface area contributed by atoms with Crippen LogP contribution in [0, 0.1) is 0 Å². The van der Waals surface area contributed by atoms with Crippen molar-refractivity contribution in [1.29, 1.82) is 0 Å². The van der Waals surface area contributed by atoms with E-state index in [4.69, 9.17) is 27.9 Å². The van der Waals surface area contributed by atoms with Crippen molar-refractivity contribution in [2.24, 2.45) is 0 Å². The molecule has 1 aliphatic rings. The third-order valence-electron chi connectivity index (χ3n) is 3.58. The summed E-state index contributed by atoms with van der Waals surface area (Å²) in [7, 11) is 0. The summed E-state index contributed by atoms with van der Waals surface area (Å²) < 4.78 is 5.93. The lowest BCUT2D eigenvalue weighted by molar-refractivity contribution is 0.468. The van der Waals surface area contributed by atoms with Crippen LogP contribution in [0.3, 0.4) is 0 Å². The highest BCUT2D eigenvalue weighted by Gasteiger charge is 2.22. The molecule has 0 N–H and O–H groups in total. The fraction of sp³-hybridized carbons (Fsp3) is 0.200. The number of halogens is 2. The Bertz CT molecular complexity index is 827. The standard InChI is InChI=1S/C15H10Cl2N2OS/c16-9-4-2-5-10(17)13(9)20-14-12-8-3-1-6-11(8)21-15(12)19-7-18-14/h2,4-5,7H,1,3,6H2. The summed E-state index contributed by atoms with van der Waals surface area (Å²) in [6.45, 7) is 0. The number of nitrogens with zero attached hydrogens (tertiary/aromatic N) is 2. The molecule has 0 saturated carbocycles. The molecule has 1 aliphatic carbocycles. The smallest absolute Gasteiger partial charge is 0.231 e. The highest BCUT2D eigenvalue weighted by molar-refractivity contribution is 7.18. The summed E-state index contributed by atoms with van der Waals surface area (Å²) in [4.78, 5) is 11.0. The van der Waals surface area contributed by atoms with Gasteiger partial charge in [-0.2, -0.15) is 0 Å². The molecule has 0 bridgehead atoms. The molecule has 0 atom stereocenters. The largest absolute Gasteiger partial charge is 0.435 e. The van der Waals surface area contributed by atoms with Gasteiger partial charge in [-0.3, -0.25) is 0 Å². The van der Waals surface area contributed by atoms with Gasteiger partial charge in [-0.15, -0.1) is 11.3 Å². The first-order valence-electron chi connectivity index (χ1n) is 6.61. The van der Waals surface area contributed by atoms with Crippen LogP contribution < -0.4 is 4.74 Å². The van der Waals surface area contributed by atoms with Crippen molar-refractivity contribution in [2.45, 2.75) is 19.3 Å². The van der Waals surface area contributed by atoms with Gasteiger partial charge in [0.05, 0.1) is 15.4 Å². The fourth-order valence-electron chi connectivity index (χ4n) is 2.65. The van der Waals surface area contributed by atoms with Crippen LogP contribution in [-0.4, -0.2) is 9.97 Å². The molecular weight excluding hydrogens is 327 g/mol. The molecule has 2 aromatic heterocycles. The molecule has 1 aromatic carbocycles. The second kappa shape index (κ2) is 5.13. The van der Waals surface area contributed by atoms with Gasteiger partial charge < -0.3 is 4.74 Å². The van der Waals surface area contributed by atoms with Crippen molar-refractivity contribution in [3.05, 3.63) is 45.0 Å². The van der Waals surface area contributed by atoms with Gasteiger partial charge in [0.1, 0.15) is 11.2 Å². The Morgan fingerprint density at radius 1 is 1.10 bits per heavy atom. The topological polar surface area (TPSA) is 35.0 Å². The van der Waals surface area contributed by atoms with E-state index >= 15 is 0 Å². The molecule has 4 rings (SSSR count). The second-order valence-corrected chi connectivity index (χ2v) is 6.77. The minimum atomic E-state index is 0.443. The number of aryl methyl sites for hydroxylation is 2. The van der Waals surface area contributed by atoms with Crippen LogP contribution in [0.4, 0.5) is 0 Å². The number of rotatable bonds is 2. The third-order valence-corrected chi connectivity index (χ3v) is 5.38. The Morgan fingerprint density at radius 2 is 1.90 bits per heavy atom. The first kappa shape index (κ1) is 13.3. The summed E-state index contributed by atoms with van der Waals surface area (Å²) in [5.74, 6) is 0.980. The SMILES string of the molecule is Clc1cccc(Cl)c1Oc1ncnc2sc3c(c12)CCC3. The number of benzene rings is 1. The van der Waals surface area contributed by atoms with Crippen molar-refractivity contribution in [1.82, 2.24) is 9.97 Å². The van der Waals surface area contributed by atoms with Gasteiger partial charge in [-0.05, 0) is 37.0 Å². The number of hydrogen-bond acceptors (Lipinski definition) is 4. The van der Waals surface area contributed by atoms with Gasteiger partial charge in [0.2, 0.25) is 5.88 Å². The summed E-state index contributed by atoms with van der Waals surface area (Å²) in [6, 6.07) is 5.29. The number of fused-ring (bicyclic) bond motifs is 3. The molecule has 0 saturated heterocycles. The van der Waals surface area contributed by atoms with Crippen molar-refractivity contribution >= 4 is 44.8 Å². The molecule has 0 radical (unpaired) electrons. The molecule has 0 aliphatic heterocycles. The van der Waals surface area contributed by atoms with Crippen LogP contribution in [0.5, 0.6) is 11.6 Å². The van der Waals surface area contributed by atoms with Gasteiger partial charge in [0, 0.05) is 4.88 Å². The molecule has 6 heteroatoms. The Hall–Kier alpha value is -1.36. The summed E-state index contributed by atoms with van der Waals surface area (Å²) in [5, 5.41) is 1.95. The molecular formula is C15H10Cl2N2OS. The lowest BCUT2D eigenvalue weighted by atomic mass is 10.2. The van der Waals surface area contributed by atoms with E-state index in [0.29, 0.717) is 21.7 Å². The number of ether oxygens (including phenoxy) is 1. The summed E-state index contributed by atoms with van der Waals surface area (Å²) in [5.41, 5.74) is 1.31. The first-order chi connectivity index (χ1) is 10.2. The van der Waals surface area contributed by atoms with Crippen molar-refractivity contribution in [3.63, 3.8) is 0 Å². The molecule has 21 heavy (non-hydrogen) atoms. The van der Waals surface area contributed by atoms with E-state index in [2.05, 4.69) is 9.97 Å².